The largest absolute Gasteiger partial charge is 0.497 e. The van der Waals surface area contributed by atoms with Gasteiger partial charge in [0.1, 0.15) is 23.0 Å². The first-order valence-corrected chi connectivity index (χ1v) is 7.68. The lowest BCUT2D eigenvalue weighted by Gasteiger charge is -2.08. The molecule has 118 valence electrons. The molecule has 0 amide bonds. The second-order valence-electron chi connectivity index (χ2n) is 5.53. The van der Waals surface area contributed by atoms with Gasteiger partial charge in [0.15, 0.2) is 0 Å². The van der Waals surface area contributed by atoms with Crippen molar-refractivity contribution in [2.24, 2.45) is 0 Å². The van der Waals surface area contributed by atoms with Gasteiger partial charge < -0.3 is 9.72 Å². The zero-order chi connectivity index (χ0) is 16.5. The number of ether oxygens (including phenoxy) is 1. The van der Waals surface area contributed by atoms with E-state index < -0.39 is 0 Å². The molecule has 0 fully saturated rings. The zero-order valence-electron chi connectivity index (χ0n) is 13.4. The van der Waals surface area contributed by atoms with Gasteiger partial charge in [-0.3, -0.25) is 0 Å². The maximum absolute atomic E-state index is 5.23. The molecule has 0 spiro atoms. The molecule has 2 aromatic heterocycles. The standard InChI is InChI=1S/C19H16N4O/c1-12-21-19(16-11-20-17-6-4-3-5-15(16)17)18(23-22-12)13-7-9-14(24-2)10-8-13/h3-11,20H,1-2H3. The Labute approximate surface area is 139 Å². The number of fused-ring (bicyclic) bond motifs is 1. The van der Waals surface area contributed by atoms with Crippen LogP contribution in [0.2, 0.25) is 0 Å². The minimum atomic E-state index is 0.646. The molecule has 0 saturated carbocycles. The molecular formula is C19H16N4O. The van der Waals surface area contributed by atoms with Crippen molar-refractivity contribution in [3.05, 3.63) is 60.6 Å². The van der Waals surface area contributed by atoms with E-state index in [0.29, 0.717) is 5.82 Å². The summed E-state index contributed by atoms with van der Waals surface area (Å²) in [5, 5.41) is 9.66. The van der Waals surface area contributed by atoms with E-state index in [4.69, 9.17) is 4.74 Å². The van der Waals surface area contributed by atoms with Crippen LogP contribution in [0.4, 0.5) is 0 Å². The van der Waals surface area contributed by atoms with Crippen LogP contribution in [-0.4, -0.2) is 27.3 Å². The molecule has 0 bridgehead atoms. The number of nitrogens with one attached hydrogen (secondary N) is 1. The Morgan fingerprint density at radius 3 is 2.50 bits per heavy atom. The fourth-order valence-electron chi connectivity index (χ4n) is 2.81. The first kappa shape index (κ1) is 14.4. The summed E-state index contributed by atoms with van der Waals surface area (Å²) in [4.78, 5) is 7.95. The molecule has 2 aromatic carbocycles. The average Bonchev–Trinajstić information content (AvgIpc) is 3.06. The number of nitrogens with zero attached hydrogens (tertiary/aromatic N) is 3. The van der Waals surface area contributed by atoms with Crippen LogP contribution in [-0.2, 0) is 0 Å². The van der Waals surface area contributed by atoms with Gasteiger partial charge in [0.2, 0.25) is 0 Å². The molecule has 4 aromatic rings. The monoisotopic (exact) mass is 316 g/mol. The molecule has 0 saturated heterocycles. The van der Waals surface area contributed by atoms with Crippen molar-refractivity contribution < 1.29 is 4.74 Å². The van der Waals surface area contributed by atoms with E-state index in [-0.39, 0.29) is 0 Å². The Kier molecular flexibility index (Phi) is 3.46. The van der Waals surface area contributed by atoms with Gasteiger partial charge in [-0.05, 0) is 37.3 Å². The van der Waals surface area contributed by atoms with Crippen molar-refractivity contribution in [3.63, 3.8) is 0 Å². The average molecular weight is 316 g/mol. The van der Waals surface area contributed by atoms with Crippen LogP contribution in [0, 0.1) is 6.92 Å². The minimum Gasteiger partial charge on any atom is -0.497 e. The molecule has 4 rings (SSSR count). The van der Waals surface area contributed by atoms with E-state index in [9.17, 15) is 0 Å². The topological polar surface area (TPSA) is 63.7 Å². The maximum atomic E-state index is 5.23. The Bertz CT molecular complexity index is 1010. The van der Waals surface area contributed by atoms with Crippen molar-refractivity contribution in [1.29, 1.82) is 0 Å². The van der Waals surface area contributed by atoms with Crippen molar-refractivity contribution in [1.82, 2.24) is 20.2 Å². The predicted octanol–water partition coefficient (Wildman–Crippen LogP) is 4.00. The number of H-pyrrole nitrogens is 1. The summed E-state index contributed by atoms with van der Waals surface area (Å²) in [6.07, 6.45) is 1.97. The van der Waals surface area contributed by atoms with Gasteiger partial charge in [0.25, 0.3) is 0 Å². The lowest BCUT2D eigenvalue weighted by Crippen LogP contribution is -1.99. The van der Waals surface area contributed by atoms with E-state index in [2.05, 4.69) is 26.2 Å². The number of hydrogen-bond acceptors (Lipinski definition) is 4. The first-order valence-electron chi connectivity index (χ1n) is 7.68. The fraction of sp³-hybridized carbons (Fsp3) is 0.105. The van der Waals surface area contributed by atoms with Gasteiger partial charge in [0.05, 0.1) is 7.11 Å². The zero-order valence-corrected chi connectivity index (χ0v) is 13.4. The normalized spacial score (nSPS) is 10.9. The lowest BCUT2D eigenvalue weighted by atomic mass is 10.0. The van der Waals surface area contributed by atoms with Crippen molar-refractivity contribution in [2.45, 2.75) is 6.92 Å². The first-order chi connectivity index (χ1) is 11.8. The Hall–Kier alpha value is -3.21. The summed E-state index contributed by atoms with van der Waals surface area (Å²) in [5.41, 5.74) is 4.63. The molecule has 0 aliphatic carbocycles. The van der Waals surface area contributed by atoms with Crippen molar-refractivity contribution in [3.8, 4) is 28.3 Å². The number of para-hydroxylation sites is 1. The summed E-state index contributed by atoms with van der Waals surface area (Å²) in [7, 11) is 1.65. The Morgan fingerprint density at radius 1 is 0.917 bits per heavy atom. The molecule has 24 heavy (non-hydrogen) atoms. The van der Waals surface area contributed by atoms with Gasteiger partial charge in [-0.2, -0.15) is 0 Å². The number of rotatable bonds is 3. The van der Waals surface area contributed by atoms with Crippen molar-refractivity contribution in [2.75, 3.05) is 7.11 Å². The summed E-state index contributed by atoms with van der Waals surface area (Å²) in [6.45, 7) is 1.85. The fourth-order valence-corrected chi connectivity index (χ4v) is 2.81. The summed E-state index contributed by atoms with van der Waals surface area (Å²) in [5.74, 6) is 1.45. The minimum absolute atomic E-state index is 0.646. The third-order valence-corrected chi connectivity index (χ3v) is 4.00. The molecule has 1 N–H and O–H groups in total. The summed E-state index contributed by atoms with van der Waals surface area (Å²) in [6, 6.07) is 15.9. The van der Waals surface area contributed by atoms with Gasteiger partial charge in [-0.1, -0.05) is 18.2 Å². The van der Waals surface area contributed by atoms with Crippen LogP contribution in [0.15, 0.2) is 54.7 Å². The molecule has 5 heteroatoms. The molecule has 5 nitrogen and oxygen atoms in total. The summed E-state index contributed by atoms with van der Waals surface area (Å²) < 4.78 is 5.23. The van der Waals surface area contributed by atoms with Crippen molar-refractivity contribution >= 4 is 10.9 Å². The second-order valence-corrected chi connectivity index (χ2v) is 5.53. The molecule has 0 aliphatic rings. The lowest BCUT2D eigenvalue weighted by molar-refractivity contribution is 0.415. The predicted molar refractivity (Wildman–Crippen MR) is 93.8 cm³/mol. The SMILES string of the molecule is COc1ccc(-c2nnc(C)nc2-c2c[nH]c3ccccc23)cc1. The highest BCUT2D eigenvalue weighted by Crippen LogP contribution is 2.33. The maximum Gasteiger partial charge on any atom is 0.148 e. The van der Waals surface area contributed by atoms with Gasteiger partial charge >= 0.3 is 0 Å². The second kappa shape index (κ2) is 5.77. The van der Waals surface area contributed by atoms with E-state index in [1.165, 1.54) is 0 Å². The van der Waals surface area contributed by atoms with Crippen LogP contribution >= 0.6 is 0 Å². The quantitative estimate of drug-likeness (QED) is 0.620. The molecule has 2 heterocycles. The highest BCUT2D eigenvalue weighted by molar-refractivity contribution is 5.97. The van der Waals surface area contributed by atoms with Gasteiger partial charge in [-0.15, -0.1) is 10.2 Å². The molecule has 0 unspecified atom stereocenters. The molecule has 0 aliphatic heterocycles. The Morgan fingerprint density at radius 2 is 1.71 bits per heavy atom. The third-order valence-electron chi connectivity index (χ3n) is 4.00. The number of aromatic amines is 1. The number of aromatic nitrogens is 4. The Balaban J connectivity index is 1.93. The highest BCUT2D eigenvalue weighted by Gasteiger charge is 2.16. The van der Waals surface area contributed by atoms with Crippen LogP contribution in [0.3, 0.4) is 0 Å². The number of methoxy groups -OCH3 is 1. The van der Waals surface area contributed by atoms with E-state index in [1.807, 2.05) is 55.6 Å². The number of aryl methyl sites for hydroxylation is 1. The number of hydrogen-bond donors (Lipinski definition) is 1. The van der Waals surface area contributed by atoms with E-state index in [0.717, 1.165) is 39.2 Å². The van der Waals surface area contributed by atoms with E-state index in [1.54, 1.807) is 7.11 Å². The van der Waals surface area contributed by atoms with Gasteiger partial charge in [0, 0.05) is 28.2 Å². The highest BCUT2D eigenvalue weighted by atomic mass is 16.5. The molecule has 0 atom stereocenters. The van der Waals surface area contributed by atoms with Crippen LogP contribution in [0.1, 0.15) is 5.82 Å². The van der Waals surface area contributed by atoms with Crippen LogP contribution < -0.4 is 4.74 Å². The molecule has 0 radical (unpaired) electrons. The third kappa shape index (κ3) is 2.40. The van der Waals surface area contributed by atoms with E-state index >= 15 is 0 Å². The smallest absolute Gasteiger partial charge is 0.148 e. The van der Waals surface area contributed by atoms with Crippen LogP contribution in [0.5, 0.6) is 5.75 Å². The summed E-state index contributed by atoms with van der Waals surface area (Å²) >= 11 is 0. The van der Waals surface area contributed by atoms with Gasteiger partial charge in [-0.25, -0.2) is 4.98 Å². The number of benzene rings is 2. The molecular weight excluding hydrogens is 300 g/mol. The van der Waals surface area contributed by atoms with Crippen LogP contribution in [0.25, 0.3) is 33.4 Å².